The van der Waals surface area contributed by atoms with E-state index in [1.165, 1.54) is 12.1 Å². The molecular formula is C12H19IN4O3S. The Bertz CT molecular complexity index is 600. The monoisotopic (exact) mass is 426 g/mol. The minimum absolute atomic E-state index is 0. The van der Waals surface area contributed by atoms with Crippen molar-refractivity contribution < 1.29 is 13.2 Å². The Hall–Kier alpha value is -0.910. The van der Waals surface area contributed by atoms with Crippen molar-refractivity contribution in [3.63, 3.8) is 0 Å². The molecule has 0 aromatic heterocycles. The van der Waals surface area contributed by atoms with Gasteiger partial charge in [0.05, 0.1) is 24.7 Å². The van der Waals surface area contributed by atoms with Crippen molar-refractivity contribution in [2.75, 3.05) is 26.3 Å². The van der Waals surface area contributed by atoms with Gasteiger partial charge in [-0.2, -0.15) is 0 Å². The molecule has 1 saturated heterocycles. The lowest BCUT2D eigenvalue weighted by molar-refractivity contribution is 0.0674. The Kier molecular flexibility index (Phi) is 6.84. The van der Waals surface area contributed by atoms with Crippen LogP contribution in [-0.4, -0.2) is 45.6 Å². The second-order valence-corrected chi connectivity index (χ2v) is 6.03. The summed E-state index contributed by atoms with van der Waals surface area (Å²) in [6, 6.07) is 6.37. The average molecular weight is 426 g/mol. The fraction of sp³-hybridized carbons (Fsp3) is 0.417. The van der Waals surface area contributed by atoms with Gasteiger partial charge in [-0.05, 0) is 17.7 Å². The quantitative estimate of drug-likeness (QED) is 0.405. The van der Waals surface area contributed by atoms with Crippen LogP contribution >= 0.6 is 24.0 Å². The number of benzene rings is 1. The highest BCUT2D eigenvalue weighted by atomic mass is 127. The summed E-state index contributed by atoms with van der Waals surface area (Å²) in [5, 5.41) is 5.09. The van der Waals surface area contributed by atoms with E-state index < -0.39 is 10.0 Å². The summed E-state index contributed by atoms with van der Waals surface area (Å²) < 4.78 is 27.8. The number of morpholine rings is 1. The van der Waals surface area contributed by atoms with Gasteiger partial charge in [-0.15, -0.1) is 24.0 Å². The van der Waals surface area contributed by atoms with Gasteiger partial charge < -0.3 is 15.4 Å². The average Bonchev–Trinajstić information content (AvgIpc) is 2.45. The molecule has 1 aliphatic rings. The smallest absolute Gasteiger partial charge is 0.238 e. The Morgan fingerprint density at radius 1 is 1.33 bits per heavy atom. The maximum Gasteiger partial charge on any atom is 0.238 e. The van der Waals surface area contributed by atoms with E-state index in [1.54, 1.807) is 12.1 Å². The van der Waals surface area contributed by atoms with Crippen LogP contribution in [0.15, 0.2) is 34.2 Å². The van der Waals surface area contributed by atoms with Crippen LogP contribution in [-0.2, 0) is 21.3 Å². The largest absolute Gasteiger partial charge is 0.378 e. The molecule has 1 fully saturated rings. The fourth-order valence-electron chi connectivity index (χ4n) is 1.89. The van der Waals surface area contributed by atoms with Gasteiger partial charge in [0.1, 0.15) is 0 Å². The molecule has 0 saturated carbocycles. The van der Waals surface area contributed by atoms with Crippen LogP contribution < -0.4 is 10.9 Å². The van der Waals surface area contributed by atoms with Crippen LogP contribution in [0.1, 0.15) is 5.56 Å². The summed E-state index contributed by atoms with van der Waals surface area (Å²) in [6.45, 7) is 3.01. The van der Waals surface area contributed by atoms with Crippen LogP contribution in [0.3, 0.4) is 0 Å². The highest BCUT2D eigenvalue weighted by Crippen LogP contribution is 2.10. The number of nitrogens with two attached hydrogens (primary N) is 2. The zero-order chi connectivity index (χ0) is 14.6. The fourth-order valence-corrected chi connectivity index (χ4v) is 2.47. The van der Waals surface area contributed by atoms with Crippen LogP contribution in [0, 0.1) is 0 Å². The van der Waals surface area contributed by atoms with E-state index in [0.717, 1.165) is 5.56 Å². The van der Waals surface area contributed by atoms with Gasteiger partial charge in [0.25, 0.3) is 0 Å². The van der Waals surface area contributed by atoms with Crippen LogP contribution in [0.4, 0.5) is 0 Å². The van der Waals surface area contributed by atoms with Crippen molar-refractivity contribution in [3.05, 3.63) is 29.8 Å². The highest BCUT2D eigenvalue weighted by molar-refractivity contribution is 14.0. The zero-order valence-electron chi connectivity index (χ0n) is 11.4. The van der Waals surface area contributed by atoms with Crippen LogP contribution in [0.2, 0.25) is 0 Å². The third kappa shape index (κ3) is 5.41. The Morgan fingerprint density at radius 2 is 2.00 bits per heavy atom. The predicted molar refractivity (Wildman–Crippen MR) is 90.9 cm³/mol. The van der Waals surface area contributed by atoms with Crippen molar-refractivity contribution >= 4 is 40.0 Å². The van der Waals surface area contributed by atoms with Gasteiger partial charge in [0.15, 0.2) is 5.96 Å². The first-order chi connectivity index (χ1) is 9.47. The maximum absolute atomic E-state index is 11.3. The van der Waals surface area contributed by atoms with Crippen LogP contribution in [0.5, 0.6) is 0 Å². The van der Waals surface area contributed by atoms with E-state index >= 15 is 0 Å². The minimum Gasteiger partial charge on any atom is -0.378 e. The van der Waals surface area contributed by atoms with Gasteiger partial charge in [0, 0.05) is 13.1 Å². The molecule has 0 bridgehead atoms. The second-order valence-electron chi connectivity index (χ2n) is 4.47. The number of hydrogen-bond acceptors (Lipinski definition) is 4. The molecule has 7 nitrogen and oxygen atoms in total. The van der Waals surface area contributed by atoms with E-state index in [9.17, 15) is 8.42 Å². The Morgan fingerprint density at radius 3 is 2.62 bits per heavy atom. The van der Waals surface area contributed by atoms with E-state index in [-0.39, 0.29) is 28.9 Å². The summed E-state index contributed by atoms with van der Waals surface area (Å²) >= 11 is 0. The Balaban J connectivity index is 0.00000220. The lowest BCUT2D eigenvalue weighted by Crippen LogP contribution is -2.44. The molecule has 1 aromatic carbocycles. The number of guanidine groups is 1. The van der Waals surface area contributed by atoms with Gasteiger partial charge >= 0.3 is 0 Å². The van der Waals surface area contributed by atoms with E-state index in [4.69, 9.17) is 15.6 Å². The van der Waals surface area contributed by atoms with E-state index in [1.807, 2.05) is 4.90 Å². The van der Waals surface area contributed by atoms with Crippen molar-refractivity contribution in [2.24, 2.45) is 15.9 Å². The third-order valence-corrected chi connectivity index (χ3v) is 3.90. The van der Waals surface area contributed by atoms with E-state index in [0.29, 0.717) is 38.8 Å². The van der Waals surface area contributed by atoms with Gasteiger partial charge in [-0.25, -0.2) is 18.5 Å². The molecule has 0 atom stereocenters. The molecule has 0 amide bonds. The van der Waals surface area contributed by atoms with Crippen molar-refractivity contribution in [1.82, 2.24) is 4.90 Å². The summed E-state index contributed by atoms with van der Waals surface area (Å²) in [6.07, 6.45) is 0. The maximum atomic E-state index is 11.3. The first kappa shape index (κ1) is 18.1. The normalized spacial score (nSPS) is 16.4. The molecule has 1 aliphatic heterocycles. The molecule has 1 heterocycles. The number of ether oxygens (including phenoxy) is 1. The molecule has 0 aliphatic carbocycles. The number of sulfonamides is 1. The first-order valence-corrected chi connectivity index (χ1v) is 7.76. The molecule has 21 heavy (non-hydrogen) atoms. The number of halogens is 1. The number of hydrogen-bond donors (Lipinski definition) is 2. The molecule has 4 N–H and O–H groups in total. The molecule has 9 heteroatoms. The molecule has 2 rings (SSSR count). The lowest BCUT2D eigenvalue weighted by atomic mass is 10.2. The number of rotatable bonds is 3. The first-order valence-electron chi connectivity index (χ1n) is 6.21. The zero-order valence-corrected chi connectivity index (χ0v) is 14.6. The molecule has 0 radical (unpaired) electrons. The molecule has 0 spiro atoms. The predicted octanol–water partition coefficient (Wildman–Crippen LogP) is 0.0989. The SMILES string of the molecule is I.NC(=NCc1cccc(S(N)(=O)=O)c1)N1CCOCC1. The highest BCUT2D eigenvalue weighted by Gasteiger charge is 2.12. The van der Waals surface area contributed by atoms with Crippen LogP contribution in [0.25, 0.3) is 0 Å². The van der Waals surface area contributed by atoms with E-state index in [2.05, 4.69) is 4.99 Å². The third-order valence-electron chi connectivity index (χ3n) is 2.99. The topological polar surface area (TPSA) is 111 Å². The molecule has 1 aromatic rings. The molecular weight excluding hydrogens is 407 g/mol. The van der Waals surface area contributed by atoms with Gasteiger partial charge in [0.2, 0.25) is 10.0 Å². The summed E-state index contributed by atoms with van der Waals surface area (Å²) in [5.74, 6) is 0.439. The number of primary sulfonamides is 1. The minimum atomic E-state index is -3.69. The lowest BCUT2D eigenvalue weighted by Gasteiger charge is -2.27. The van der Waals surface area contributed by atoms with Crippen molar-refractivity contribution in [2.45, 2.75) is 11.4 Å². The summed E-state index contributed by atoms with van der Waals surface area (Å²) in [7, 11) is -3.69. The van der Waals surface area contributed by atoms with Gasteiger partial charge in [-0.3, -0.25) is 0 Å². The number of nitrogens with zero attached hydrogens (tertiary/aromatic N) is 2. The van der Waals surface area contributed by atoms with Crippen molar-refractivity contribution in [3.8, 4) is 0 Å². The molecule has 118 valence electrons. The number of aliphatic imine (C=N–C) groups is 1. The summed E-state index contributed by atoms with van der Waals surface area (Å²) in [4.78, 5) is 6.29. The Labute approximate surface area is 141 Å². The van der Waals surface area contributed by atoms with Crippen molar-refractivity contribution in [1.29, 1.82) is 0 Å². The summed E-state index contributed by atoms with van der Waals surface area (Å²) in [5.41, 5.74) is 6.64. The second kappa shape index (κ2) is 7.92. The van der Waals surface area contributed by atoms with Gasteiger partial charge in [-0.1, -0.05) is 12.1 Å². The standard InChI is InChI=1S/C12H18N4O3S.HI/c13-12(16-4-6-19-7-5-16)15-9-10-2-1-3-11(8-10)20(14,17)18;/h1-3,8H,4-7,9H2,(H2,13,15)(H2,14,17,18);1H. The molecule has 0 unspecified atom stereocenters.